The van der Waals surface area contributed by atoms with Crippen LogP contribution in [0, 0.1) is 17.3 Å². The summed E-state index contributed by atoms with van der Waals surface area (Å²) in [7, 11) is 0. The second-order valence-electron chi connectivity index (χ2n) is 6.74. The molecule has 3 nitrogen and oxygen atoms in total. The molecule has 1 amide bonds. The van der Waals surface area contributed by atoms with E-state index in [2.05, 4.69) is 34.6 Å². The molecule has 0 bridgehead atoms. The standard InChI is InChI=1S/C14H28N2O.ClH/c1-10-9-16(7-6-12(10)15)13(17)8-11(2)14(3,4)5;/h10-12H,6-9,15H2,1-5H3;1H. The minimum Gasteiger partial charge on any atom is -0.342 e. The van der Waals surface area contributed by atoms with Crippen LogP contribution in [0.2, 0.25) is 0 Å². The zero-order valence-corrected chi connectivity index (χ0v) is 13.2. The van der Waals surface area contributed by atoms with E-state index in [1.54, 1.807) is 0 Å². The number of rotatable bonds is 2. The van der Waals surface area contributed by atoms with E-state index < -0.39 is 0 Å². The molecule has 3 unspecified atom stereocenters. The van der Waals surface area contributed by atoms with Crippen LogP contribution < -0.4 is 5.73 Å². The summed E-state index contributed by atoms with van der Waals surface area (Å²) >= 11 is 0. The molecule has 0 aromatic heterocycles. The summed E-state index contributed by atoms with van der Waals surface area (Å²) in [4.78, 5) is 14.2. The molecule has 0 saturated carbocycles. The van der Waals surface area contributed by atoms with Crippen molar-refractivity contribution in [2.24, 2.45) is 23.0 Å². The van der Waals surface area contributed by atoms with Crippen LogP contribution in [0.3, 0.4) is 0 Å². The Morgan fingerprint density at radius 2 is 2.00 bits per heavy atom. The van der Waals surface area contributed by atoms with Gasteiger partial charge in [0, 0.05) is 25.6 Å². The van der Waals surface area contributed by atoms with Crippen molar-refractivity contribution < 1.29 is 4.79 Å². The van der Waals surface area contributed by atoms with E-state index in [0.29, 0.717) is 24.2 Å². The Kier molecular flexibility index (Phi) is 6.66. The molecule has 1 heterocycles. The number of hydrogen-bond acceptors (Lipinski definition) is 2. The fourth-order valence-corrected chi connectivity index (χ4v) is 2.09. The monoisotopic (exact) mass is 276 g/mol. The molecule has 1 fully saturated rings. The number of nitrogens with two attached hydrogens (primary N) is 1. The zero-order valence-electron chi connectivity index (χ0n) is 12.4. The SMILES string of the molecule is CC1CN(C(=O)CC(C)C(C)(C)C)CCC1N.Cl. The van der Waals surface area contributed by atoms with Gasteiger partial charge < -0.3 is 10.6 Å². The Bertz CT molecular complexity index is 275. The number of hydrogen-bond donors (Lipinski definition) is 1. The van der Waals surface area contributed by atoms with E-state index in [1.807, 2.05) is 4.90 Å². The fourth-order valence-electron chi connectivity index (χ4n) is 2.09. The molecule has 18 heavy (non-hydrogen) atoms. The predicted octanol–water partition coefficient (Wildman–Crippen LogP) is 2.68. The quantitative estimate of drug-likeness (QED) is 0.843. The summed E-state index contributed by atoms with van der Waals surface area (Å²) in [5.74, 6) is 1.14. The molecule has 0 aromatic carbocycles. The van der Waals surface area contributed by atoms with Crippen LogP contribution in [-0.4, -0.2) is 29.9 Å². The average molecular weight is 277 g/mol. The largest absolute Gasteiger partial charge is 0.342 e. The molecule has 1 aliphatic rings. The van der Waals surface area contributed by atoms with Gasteiger partial charge in [0.05, 0.1) is 0 Å². The van der Waals surface area contributed by atoms with Crippen LogP contribution in [-0.2, 0) is 4.79 Å². The Balaban J connectivity index is 0.00000289. The van der Waals surface area contributed by atoms with Crippen molar-refractivity contribution in [2.45, 2.75) is 53.5 Å². The lowest BCUT2D eigenvalue weighted by Crippen LogP contribution is -2.48. The number of carbonyl (C=O) groups excluding carboxylic acids is 1. The van der Waals surface area contributed by atoms with Gasteiger partial charge in [0.1, 0.15) is 0 Å². The van der Waals surface area contributed by atoms with Crippen LogP contribution in [0.1, 0.15) is 47.5 Å². The molecule has 0 aromatic rings. The third-order valence-electron chi connectivity index (χ3n) is 4.28. The molecule has 108 valence electrons. The van der Waals surface area contributed by atoms with Crippen molar-refractivity contribution in [1.29, 1.82) is 0 Å². The Hall–Kier alpha value is -0.280. The maximum Gasteiger partial charge on any atom is 0.222 e. The highest BCUT2D eigenvalue weighted by atomic mass is 35.5. The van der Waals surface area contributed by atoms with Crippen LogP contribution in [0.15, 0.2) is 0 Å². The van der Waals surface area contributed by atoms with Gasteiger partial charge in [-0.15, -0.1) is 12.4 Å². The smallest absolute Gasteiger partial charge is 0.222 e. The van der Waals surface area contributed by atoms with Crippen LogP contribution in [0.4, 0.5) is 0 Å². The number of likely N-dealkylation sites (tertiary alicyclic amines) is 1. The minimum atomic E-state index is 0. The van der Waals surface area contributed by atoms with Crippen molar-refractivity contribution in [1.82, 2.24) is 4.90 Å². The lowest BCUT2D eigenvalue weighted by molar-refractivity contribution is -0.134. The van der Waals surface area contributed by atoms with Crippen LogP contribution in [0.5, 0.6) is 0 Å². The summed E-state index contributed by atoms with van der Waals surface area (Å²) in [6.07, 6.45) is 1.60. The van der Waals surface area contributed by atoms with E-state index in [1.165, 1.54) is 0 Å². The summed E-state index contributed by atoms with van der Waals surface area (Å²) in [5.41, 5.74) is 6.18. The molecular formula is C14H29ClN2O. The minimum absolute atomic E-state index is 0. The highest BCUT2D eigenvalue weighted by molar-refractivity contribution is 5.85. The number of halogens is 1. The Morgan fingerprint density at radius 1 is 1.44 bits per heavy atom. The van der Waals surface area contributed by atoms with Gasteiger partial charge in [0.25, 0.3) is 0 Å². The summed E-state index contributed by atoms with van der Waals surface area (Å²) in [5, 5.41) is 0. The first-order chi connectivity index (χ1) is 7.71. The van der Waals surface area contributed by atoms with Gasteiger partial charge in [-0.05, 0) is 23.7 Å². The molecule has 1 rings (SSSR count). The topological polar surface area (TPSA) is 46.3 Å². The zero-order chi connectivity index (χ0) is 13.2. The fraction of sp³-hybridized carbons (Fsp3) is 0.929. The molecular weight excluding hydrogens is 248 g/mol. The average Bonchev–Trinajstić information content (AvgIpc) is 2.20. The van der Waals surface area contributed by atoms with Crippen molar-refractivity contribution >= 4 is 18.3 Å². The van der Waals surface area contributed by atoms with Crippen molar-refractivity contribution in [3.63, 3.8) is 0 Å². The van der Waals surface area contributed by atoms with Gasteiger partial charge in [-0.25, -0.2) is 0 Å². The van der Waals surface area contributed by atoms with E-state index in [-0.39, 0.29) is 23.9 Å². The molecule has 1 aliphatic heterocycles. The number of piperidine rings is 1. The second kappa shape index (κ2) is 6.76. The summed E-state index contributed by atoms with van der Waals surface area (Å²) in [6, 6.07) is 0.263. The van der Waals surface area contributed by atoms with E-state index in [0.717, 1.165) is 19.5 Å². The lowest BCUT2D eigenvalue weighted by Gasteiger charge is -2.36. The lowest BCUT2D eigenvalue weighted by atomic mass is 9.80. The summed E-state index contributed by atoms with van der Waals surface area (Å²) in [6.45, 7) is 12.5. The predicted molar refractivity (Wildman–Crippen MR) is 78.8 cm³/mol. The normalized spacial score (nSPS) is 26.4. The van der Waals surface area contributed by atoms with E-state index in [4.69, 9.17) is 5.73 Å². The molecule has 0 aliphatic carbocycles. The van der Waals surface area contributed by atoms with E-state index >= 15 is 0 Å². The second-order valence-corrected chi connectivity index (χ2v) is 6.74. The maximum atomic E-state index is 12.2. The molecule has 4 heteroatoms. The van der Waals surface area contributed by atoms with Crippen LogP contribution in [0.25, 0.3) is 0 Å². The maximum absolute atomic E-state index is 12.2. The van der Waals surface area contributed by atoms with Crippen molar-refractivity contribution in [3.8, 4) is 0 Å². The van der Waals surface area contributed by atoms with Gasteiger partial charge in [-0.3, -0.25) is 4.79 Å². The van der Waals surface area contributed by atoms with Gasteiger partial charge in [0.2, 0.25) is 5.91 Å². The molecule has 2 N–H and O–H groups in total. The number of amides is 1. The van der Waals surface area contributed by atoms with Crippen molar-refractivity contribution in [2.75, 3.05) is 13.1 Å². The van der Waals surface area contributed by atoms with Crippen molar-refractivity contribution in [3.05, 3.63) is 0 Å². The first-order valence-corrected chi connectivity index (χ1v) is 6.75. The first-order valence-electron chi connectivity index (χ1n) is 6.75. The van der Waals surface area contributed by atoms with Gasteiger partial charge in [-0.1, -0.05) is 34.6 Å². The third kappa shape index (κ3) is 4.77. The Labute approximate surface area is 118 Å². The molecule has 3 atom stereocenters. The third-order valence-corrected chi connectivity index (χ3v) is 4.28. The van der Waals surface area contributed by atoms with Crippen LogP contribution >= 0.6 is 12.4 Å². The first kappa shape index (κ1) is 17.7. The molecule has 0 radical (unpaired) electrons. The number of nitrogens with zero attached hydrogens (tertiary/aromatic N) is 1. The van der Waals surface area contributed by atoms with Gasteiger partial charge in [-0.2, -0.15) is 0 Å². The molecule has 1 saturated heterocycles. The highest BCUT2D eigenvalue weighted by Gasteiger charge is 2.29. The van der Waals surface area contributed by atoms with Gasteiger partial charge >= 0.3 is 0 Å². The Morgan fingerprint density at radius 3 is 2.44 bits per heavy atom. The summed E-state index contributed by atoms with van der Waals surface area (Å²) < 4.78 is 0. The number of carbonyl (C=O) groups is 1. The highest BCUT2D eigenvalue weighted by Crippen LogP contribution is 2.29. The molecule has 0 spiro atoms. The van der Waals surface area contributed by atoms with E-state index in [9.17, 15) is 4.79 Å². The van der Waals surface area contributed by atoms with Gasteiger partial charge in [0.15, 0.2) is 0 Å².